The first-order valence-electron chi connectivity index (χ1n) is 9.94. The lowest BCUT2D eigenvalue weighted by Crippen LogP contribution is -2.11. The van der Waals surface area contributed by atoms with Crippen LogP contribution in [0.4, 0.5) is 11.5 Å². The summed E-state index contributed by atoms with van der Waals surface area (Å²) in [6.45, 7) is 0. The summed E-state index contributed by atoms with van der Waals surface area (Å²) in [4.78, 5) is 21.7. The Bertz CT molecular complexity index is 1360. The van der Waals surface area contributed by atoms with E-state index in [9.17, 15) is 13.2 Å². The molecule has 0 fully saturated rings. The number of hydrogen-bond donors (Lipinski definition) is 2. The van der Waals surface area contributed by atoms with Gasteiger partial charge in [0.2, 0.25) is 10.0 Å². The largest absolute Gasteiger partial charge is 0.340 e. The van der Waals surface area contributed by atoms with Crippen molar-refractivity contribution in [2.75, 3.05) is 11.1 Å². The van der Waals surface area contributed by atoms with Crippen LogP contribution in [0.15, 0.2) is 101 Å². The second-order valence-electron chi connectivity index (χ2n) is 7.06. The average molecular weight is 477 g/mol. The maximum atomic E-state index is 12.5. The van der Waals surface area contributed by atoms with Gasteiger partial charge in [-0.1, -0.05) is 72.4 Å². The summed E-state index contributed by atoms with van der Waals surface area (Å²) < 4.78 is 23.0. The van der Waals surface area contributed by atoms with Crippen LogP contribution < -0.4 is 10.5 Å². The molecule has 4 aromatic rings. The van der Waals surface area contributed by atoms with Gasteiger partial charge in [0.25, 0.3) is 0 Å². The maximum absolute atomic E-state index is 12.5. The molecule has 1 aromatic heterocycles. The molecule has 33 heavy (non-hydrogen) atoms. The van der Waals surface area contributed by atoms with Gasteiger partial charge >= 0.3 is 0 Å². The van der Waals surface area contributed by atoms with Crippen molar-refractivity contribution in [2.24, 2.45) is 5.14 Å². The average Bonchev–Trinajstić information content (AvgIpc) is 2.83. The Hall–Kier alpha value is -3.53. The monoisotopic (exact) mass is 476 g/mol. The van der Waals surface area contributed by atoms with E-state index in [-0.39, 0.29) is 16.4 Å². The molecule has 7 nitrogen and oxygen atoms in total. The van der Waals surface area contributed by atoms with Crippen LogP contribution in [0.1, 0.15) is 10.4 Å². The van der Waals surface area contributed by atoms with Crippen LogP contribution in [-0.2, 0) is 10.0 Å². The molecule has 0 amide bonds. The Balaban J connectivity index is 1.60. The number of rotatable bonds is 8. The van der Waals surface area contributed by atoms with Crippen LogP contribution in [-0.4, -0.2) is 29.9 Å². The molecule has 0 aliphatic rings. The summed E-state index contributed by atoms with van der Waals surface area (Å²) in [7, 11) is -3.77. The van der Waals surface area contributed by atoms with Crippen molar-refractivity contribution < 1.29 is 13.2 Å². The number of nitrogens with zero attached hydrogens (tertiary/aromatic N) is 2. The standard InChI is InChI=1S/C24H20N4O3S2/c25-33(30,31)20-13-11-19(12-14-20)26-23-15-21(17-7-3-1-4-8-17)27-24(28-23)32-16-22(29)18-9-5-2-6-10-18/h1-15H,16H2,(H2,25,30,31)(H,26,27,28). The molecule has 0 spiro atoms. The van der Waals surface area contributed by atoms with E-state index >= 15 is 0 Å². The summed E-state index contributed by atoms with van der Waals surface area (Å²) in [5, 5.41) is 8.78. The third-order valence-electron chi connectivity index (χ3n) is 4.66. The molecule has 0 saturated heterocycles. The maximum Gasteiger partial charge on any atom is 0.238 e. The molecule has 3 aromatic carbocycles. The summed E-state index contributed by atoms with van der Waals surface area (Å²) in [6, 6.07) is 26.6. The topological polar surface area (TPSA) is 115 Å². The van der Waals surface area contributed by atoms with Crippen LogP contribution in [0.5, 0.6) is 0 Å². The third kappa shape index (κ3) is 6.04. The highest BCUT2D eigenvalue weighted by molar-refractivity contribution is 7.99. The van der Waals surface area contributed by atoms with Crippen molar-refractivity contribution in [2.45, 2.75) is 10.1 Å². The highest BCUT2D eigenvalue weighted by Gasteiger charge is 2.12. The number of nitrogens with one attached hydrogen (secondary N) is 1. The Morgan fingerprint density at radius 2 is 1.52 bits per heavy atom. The van der Waals surface area contributed by atoms with Crippen molar-refractivity contribution in [1.82, 2.24) is 9.97 Å². The van der Waals surface area contributed by atoms with E-state index in [2.05, 4.69) is 15.3 Å². The minimum absolute atomic E-state index is 0.0117. The number of aromatic nitrogens is 2. The zero-order valence-electron chi connectivity index (χ0n) is 17.4. The van der Waals surface area contributed by atoms with Crippen LogP contribution in [0.2, 0.25) is 0 Å². The quantitative estimate of drug-likeness (QED) is 0.218. The predicted octanol–water partition coefficient (Wildman–Crippen LogP) is 4.51. The molecule has 3 N–H and O–H groups in total. The van der Waals surface area contributed by atoms with Gasteiger partial charge in [-0.25, -0.2) is 23.5 Å². The second kappa shape index (κ2) is 9.95. The molecule has 4 rings (SSSR count). The van der Waals surface area contributed by atoms with Crippen molar-refractivity contribution in [3.05, 3.63) is 96.6 Å². The van der Waals surface area contributed by atoms with E-state index in [1.807, 2.05) is 48.5 Å². The molecule has 0 atom stereocenters. The predicted molar refractivity (Wildman–Crippen MR) is 130 cm³/mol. The number of nitrogens with two attached hydrogens (primary N) is 1. The zero-order valence-corrected chi connectivity index (χ0v) is 19.0. The van der Waals surface area contributed by atoms with E-state index in [0.717, 1.165) is 5.56 Å². The van der Waals surface area contributed by atoms with Crippen molar-refractivity contribution in [3.8, 4) is 11.3 Å². The number of carbonyl (C=O) groups is 1. The smallest absolute Gasteiger partial charge is 0.238 e. The number of anilines is 2. The van der Waals surface area contributed by atoms with Gasteiger partial charge in [-0.15, -0.1) is 0 Å². The fraction of sp³-hybridized carbons (Fsp3) is 0.0417. The fourth-order valence-electron chi connectivity index (χ4n) is 3.02. The second-order valence-corrected chi connectivity index (χ2v) is 9.56. The number of primary sulfonamides is 1. The van der Waals surface area contributed by atoms with E-state index in [1.54, 1.807) is 30.3 Å². The number of thioether (sulfide) groups is 1. The van der Waals surface area contributed by atoms with Crippen molar-refractivity contribution in [1.29, 1.82) is 0 Å². The lowest BCUT2D eigenvalue weighted by atomic mass is 10.1. The van der Waals surface area contributed by atoms with Crippen molar-refractivity contribution >= 4 is 39.1 Å². The summed E-state index contributed by atoms with van der Waals surface area (Å²) in [6.07, 6.45) is 0. The molecule has 0 unspecified atom stereocenters. The SMILES string of the molecule is NS(=O)(=O)c1ccc(Nc2cc(-c3ccccc3)nc(SCC(=O)c3ccccc3)n2)cc1. The van der Waals surface area contributed by atoms with Gasteiger partial charge < -0.3 is 5.32 Å². The first-order chi connectivity index (χ1) is 15.9. The third-order valence-corrected chi connectivity index (χ3v) is 6.44. The molecule has 1 heterocycles. The number of benzene rings is 3. The summed E-state index contributed by atoms with van der Waals surface area (Å²) in [5.74, 6) is 0.703. The highest BCUT2D eigenvalue weighted by Crippen LogP contribution is 2.26. The van der Waals surface area contributed by atoms with Crippen LogP contribution in [0.3, 0.4) is 0 Å². The normalized spacial score (nSPS) is 11.2. The van der Waals surface area contributed by atoms with Gasteiger partial charge in [-0.2, -0.15) is 0 Å². The number of ketones is 1. The Labute approximate surface area is 196 Å². The Kier molecular flexibility index (Phi) is 6.83. The molecule has 0 aliphatic heterocycles. The Morgan fingerprint density at radius 1 is 0.879 bits per heavy atom. The molecule has 166 valence electrons. The van der Waals surface area contributed by atoms with Gasteiger partial charge in [0.15, 0.2) is 10.9 Å². The first kappa shape index (κ1) is 22.7. The lowest BCUT2D eigenvalue weighted by molar-refractivity contribution is 0.102. The minimum atomic E-state index is -3.77. The number of Topliss-reactive ketones (excluding diaryl/α,β-unsaturated/α-hetero) is 1. The van der Waals surface area contributed by atoms with Crippen molar-refractivity contribution in [3.63, 3.8) is 0 Å². The van der Waals surface area contributed by atoms with Crippen LogP contribution in [0, 0.1) is 0 Å². The van der Waals surface area contributed by atoms with E-state index in [1.165, 1.54) is 23.9 Å². The molecular formula is C24H20N4O3S2. The van der Waals surface area contributed by atoms with E-state index in [4.69, 9.17) is 5.14 Å². The molecule has 0 saturated carbocycles. The number of carbonyl (C=O) groups excluding carboxylic acids is 1. The van der Waals surface area contributed by atoms with Gasteiger partial charge in [0, 0.05) is 22.9 Å². The molecular weight excluding hydrogens is 456 g/mol. The zero-order chi connectivity index (χ0) is 23.3. The van der Waals surface area contributed by atoms with Gasteiger partial charge in [-0.05, 0) is 24.3 Å². The summed E-state index contributed by atoms with van der Waals surface area (Å²) in [5.41, 5.74) is 2.88. The molecule has 0 radical (unpaired) electrons. The molecule has 0 bridgehead atoms. The van der Waals surface area contributed by atoms with E-state index in [0.29, 0.717) is 27.9 Å². The number of hydrogen-bond acceptors (Lipinski definition) is 7. The Morgan fingerprint density at radius 3 is 2.15 bits per heavy atom. The first-order valence-corrected chi connectivity index (χ1v) is 12.5. The fourth-order valence-corrected chi connectivity index (χ4v) is 4.29. The lowest BCUT2D eigenvalue weighted by Gasteiger charge is -2.11. The summed E-state index contributed by atoms with van der Waals surface area (Å²) >= 11 is 1.26. The van der Waals surface area contributed by atoms with Gasteiger partial charge in [0.1, 0.15) is 5.82 Å². The van der Waals surface area contributed by atoms with Crippen LogP contribution >= 0.6 is 11.8 Å². The minimum Gasteiger partial charge on any atom is -0.340 e. The van der Waals surface area contributed by atoms with Crippen LogP contribution in [0.25, 0.3) is 11.3 Å². The molecule has 9 heteroatoms. The van der Waals surface area contributed by atoms with Gasteiger partial charge in [-0.3, -0.25) is 4.79 Å². The van der Waals surface area contributed by atoms with E-state index < -0.39 is 10.0 Å². The number of sulfonamides is 1. The van der Waals surface area contributed by atoms with Gasteiger partial charge in [0.05, 0.1) is 16.3 Å². The highest BCUT2D eigenvalue weighted by atomic mass is 32.2. The molecule has 0 aliphatic carbocycles.